The molecule has 0 aromatic rings. The standard InChI is InChI=1S/C16H29IO5/c1-4-5-10-17-22-13(18)14(2,3)15(19)6-8-16(9-7-15)20-11-12-21-16/h17,19H,4-12H2,1-3H3. The summed E-state index contributed by atoms with van der Waals surface area (Å²) in [6, 6.07) is 0. The van der Waals surface area contributed by atoms with Crippen molar-refractivity contribution < 1.29 is 22.4 Å². The van der Waals surface area contributed by atoms with Crippen LogP contribution in [0.25, 0.3) is 0 Å². The van der Waals surface area contributed by atoms with Crippen LogP contribution < -0.4 is 0 Å². The second kappa shape index (κ2) is 7.32. The van der Waals surface area contributed by atoms with Crippen LogP contribution in [0.15, 0.2) is 0 Å². The van der Waals surface area contributed by atoms with E-state index < -0.39 is 38.4 Å². The quantitative estimate of drug-likeness (QED) is 0.400. The molecule has 0 atom stereocenters. The molecule has 0 unspecified atom stereocenters. The van der Waals surface area contributed by atoms with Crippen molar-refractivity contribution in [2.75, 3.05) is 17.6 Å². The van der Waals surface area contributed by atoms with Gasteiger partial charge in [0.15, 0.2) is 0 Å². The second-order valence-corrected chi connectivity index (χ2v) is 9.12. The van der Waals surface area contributed by atoms with E-state index in [0.29, 0.717) is 38.9 Å². The van der Waals surface area contributed by atoms with E-state index in [-0.39, 0.29) is 5.97 Å². The normalized spacial score (nSPS) is 23.8. The number of alkyl halides is 1. The molecule has 1 aliphatic heterocycles. The zero-order valence-electron chi connectivity index (χ0n) is 13.9. The molecule has 1 aliphatic carbocycles. The molecule has 1 saturated heterocycles. The van der Waals surface area contributed by atoms with E-state index in [1.807, 2.05) is 0 Å². The third kappa shape index (κ3) is 3.76. The maximum absolute atomic E-state index is 12.4. The van der Waals surface area contributed by atoms with Crippen molar-refractivity contribution in [1.29, 1.82) is 0 Å². The second-order valence-electron chi connectivity index (χ2n) is 6.81. The number of carbonyl (C=O) groups is 1. The summed E-state index contributed by atoms with van der Waals surface area (Å²) in [5, 5.41) is 11.0. The van der Waals surface area contributed by atoms with Gasteiger partial charge in [-0.05, 0) is 0 Å². The van der Waals surface area contributed by atoms with Crippen molar-refractivity contribution in [2.24, 2.45) is 5.41 Å². The monoisotopic (exact) mass is 428 g/mol. The molecule has 130 valence electrons. The van der Waals surface area contributed by atoms with Crippen LogP contribution in [0, 0.1) is 5.41 Å². The van der Waals surface area contributed by atoms with Gasteiger partial charge in [-0.25, -0.2) is 0 Å². The molecule has 22 heavy (non-hydrogen) atoms. The van der Waals surface area contributed by atoms with Gasteiger partial charge < -0.3 is 0 Å². The van der Waals surface area contributed by atoms with Gasteiger partial charge >= 0.3 is 144 Å². The van der Waals surface area contributed by atoms with Gasteiger partial charge in [0.2, 0.25) is 0 Å². The van der Waals surface area contributed by atoms with Crippen molar-refractivity contribution >= 4 is 27.6 Å². The summed E-state index contributed by atoms with van der Waals surface area (Å²) in [6.45, 7) is 6.97. The Balaban J connectivity index is 1.91. The Morgan fingerprint density at radius 1 is 1.23 bits per heavy atom. The molecule has 1 spiro atoms. The zero-order chi connectivity index (χ0) is 16.3. The molecule has 1 heterocycles. The van der Waals surface area contributed by atoms with Gasteiger partial charge in [0.1, 0.15) is 0 Å². The van der Waals surface area contributed by atoms with E-state index in [2.05, 4.69) is 6.92 Å². The number of hydrogen-bond acceptors (Lipinski definition) is 5. The van der Waals surface area contributed by atoms with E-state index in [4.69, 9.17) is 12.5 Å². The van der Waals surface area contributed by atoms with Crippen LogP contribution in [0.2, 0.25) is 0 Å². The predicted octanol–water partition coefficient (Wildman–Crippen LogP) is 3.02. The molecule has 0 aromatic carbocycles. The van der Waals surface area contributed by atoms with Crippen LogP contribution in [0.4, 0.5) is 0 Å². The molecule has 2 fully saturated rings. The van der Waals surface area contributed by atoms with E-state index in [9.17, 15) is 9.90 Å². The van der Waals surface area contributed by atoms with Crippen molar-refractivity contribution in [1.82, 2.24) is 0 Å². The molecular formula is C16H29IO5. The van der Waals surface area contributed by atoms with E-state index in [1.54, 1.807) is 13.8 Å². The third-order valence-corrected chi connectivity index (χ3v) is 7.11. The first-order valence-corrected chi connectivity index (χ1v) is 10.8. The topological polar surface area (TPSA) is 65.0 Å². The minimum absolute atomic E-state index is 0.252. The van der Waals surface area contributed by atoms with Crippen LogP contribution in [0.3, 0.4) is 0 Å². The Bertz CT molecular complexity index is 380. The molecular weight excluding hydrogens is 399 g/mol. The minimum atomic E-state index is -1.04. The van der Waals surface area contributed by atoms with Crippen molar-refractivity contribution in [3.8, 4) is 0 Å². The average molecular weight is 428 g/mol. The number of hydrogen-bond donors (Lipinski definition) is 1. The molecule has 1 N–H and O–H groups in total. The fraction of sp³-hybridized carbons (Fsp3) is 0.938. The Morgan fingerprint density at radius 2 is 1.82 bits per heavy atom. The van der Waals surface area contributed by atoms with Crippen LogP contribution in [-0.2, 0) is 17.3 Å². The van der Waals surface area contributed by atoms with Gasteiger partial charge in [-0.15, -0.1) is 0 Å². The Labute approximate surface area is 143 Å². The van der Waals surface area contributed by atoms with Gasteiger partial charge in [0.25, 0.3) is 0 Å². The van der Waals surface area contributed by atoms with Gasteiger partial charge in [-0.3, -0.25) is 0 Å². The Morgan fingerprint density at radius 3 is 2.36 bits per heavy atom. The van der Waals surface area contributed by atoms with Gasteiger partial charge in [-0.1, -0.05) is 0 Å². The van der Waals surface area contributed by atoms with Crippen LogP contribution in [0.5, 0.6) is 0 Å². The SMILES string of the molecule is CCCC[IH]OC(=O)C(C)(C)C1(O)CCC2(CC1)OCCO2. The number of rotatable bonds is 6. The molecule has 0 aromatic heterocycles. The van der Waals surface area contributed by atoms with E-state index >= 15 is 0 Å². The first-order valence-electron chi connectivity index (χ1n) is 8.19. The molecule has 1 saturated carbocycles. The molecule has 6 heteroatoms. The summed E-state index contributed by atoms with van der Waals surface area (Å²) < 4.78 is 17.9. The first-order chi connectivity index (χ1) is 10.4. The summed E-state index contributed by atoms with van der Waals surface area (Å²) in [7, 11) is 0. The number of aliphatic hydroxyl groups is 1. The summed E-state index contributed by atoms with van der Waals surface area (Å²) in [6.07, 6.45) is 4.50. The van der Waals surface area contributed by atoms with Crippen LogP contribution in [0.1, 0.15) is 59.3 Å². The Kier molecular flexibility index (Phi) is 6.13. The summed E-state index contributed by atoms with van der Waals surface area (Å²) in [5.41, 5.74) is -1.92. The summed E-state index contributed by atoms with van der Waals surface area (Å²) in [5.74, 6) is -0.778. The molecule has 0 bridgehead atoms. The van der Waals surface area contributed by atoms with E-state index in [1.165, 1.54) is 0 Å². The van der Waals surface area contributed by atoms with Crippen molar-refractivity contribution in [3.63, 3.8) is 0 Å². The van der Waals surface area contributed by atoms with Gasteiger partial charge in [-0.2, -0.15) is 0 Å². The molecule has 0 radical (unpaired) electrons. The zero-order valence-corrected chi connectivity index (χ0v) is 16.2. The van der Waals surface area contributed by atoms with Crippen molar-refractivity contribution in [2.45, 2.75) is 70.7 Å². The molecule has 0 amide bonds. The van der Waals surface area contributed by atoms with Crippen LogP contribution >= 0.6 is 21.6 Å². The summed E-state index contributed by atoms with van der Waals surface area (Å²) in [4.78, 5) is 12.4. The molecule has 2 aliphatic rings. The summed E-state index contributed by atoms with van der Waals surface area (Å²) >= 11 is -0.739. The van der Waals surface area contributed by atoms with Gasteiger partial charge in [0, 0.05) is 0 Å². The fourth-order valence-corrected chi connectivity index (χ4v) is 5.35. The van der Waals surface area contributed by atoms with Crippen LogP contribution in [-0.4, -0.2) is 40.1 Å². The molecule has 5 nitrogen and oxygen atoms in total. The number of halogens is 1. The maximum atomic E-state index is 12.4. The number of ether oxygens (including phenoxy) is 2. The molecule has 2 rings (SSSR count). The fourth-order valence-electron chi connectivity index (χ4n) is 3.05. The first kappa shape index (κ1) is 18.4. The number of unbranched alkanes of at least 4 members (excludes halogenated alkanes) is 1. The van der Waals surface area contributed by atoms with E-state index in [0.717, 1.165) is 17.3 Å². The number of carbonyl (C=O) groups excluding carboxylic acids is 1. The van der Waals surface area contributed by atoms with Crippen molar-refractivity contribution in [3.05, 3.63) is 0 Å². The predicted molar refractivity (Wildman–Crippen MR) is 93.1 cm³/mol. The Hall–Kier alpha value is 0.0800. The third-order valence-electron chi connectivity index (χ3n) is 5.04. The van der Waals surface area contributed by atoms with Gasteiger partial charge in [0.05, 0.1) is 0 Å². The average Bonchev–Trinajstić information content (AvgIpc) is 2.95.